The van der Waals surface area contributed by atoms with Gasteiger partial charge in [-0.25, -0.2) is 0 Å². The molecule has 0 saturated heterocycles. The van der Waals surface area contributed by atoms with Crippen molar-refractivity contribution in [1.29, 1.82) is 0 Å². The molecule has 4 aliphatic carbocycles. The largest absolute Gasteiger partial charge is 0.417 e. The van der Waals surface area contributed by atoms with Gasteiger partial charge in [-0.15, -0.1) is 0 Å². The summed E-state index contributed by atoms with van der Waals surface area (Å²) in [7, 11) is -3.33. The van der Waals surface area contributed by atoms with Crippen LogP contribution >= 0.6 is 0 Å². The first kappa shape index (κ1) is 26.6. The monoisotopic (exact) mass is 502 g/mol. The molecule has 3 saturated carbocycles. The predicted molar refractivity (Wildman–Crippen MR) is 147 cm³/mol. The van der Waals surface area contributed by atoms with Gasteiger partial charge in [-0.1, -0.05) is 24.6 Å². The van der Waals surface area contributed by atoms with Crippen LogP contribution in [-0.2, 0) is 13.6 Å². The molecule has 0 bridgehead atoms. The Hall–Kier alpha value is -0.496. The fraction of sp³-hybridized carbons (Fsp3) is 0.828. The number of hydrogen-bond acceptors (Lipinski definition) is 3. The van der Waals surface area contributed by atoms with E-state index in [9.17, 15) is 4.79 Å². The molecule has 0 aromatic rings. The molecule has 5 heteroatoms. The van der Waals surface area contributed by atoms with Crippen molar-refractivity contribution in [3.05, 3.63) is 23.8 Å². The maximum absolute atomic E-state index is 12.4. The SMILES string of the molecule is CC=CCC1(O[Si](C)(C)C)CC[C@H]2[C@@H]3CCC4=CC(=O)CC[C@]4(CO[Si](C)(C)C)[C@@H]3CC[C@@]21C. The summed E-state index contributed by atoms with van der Waals surface area (Å²) >= 11 is 0. The third kappa shape index (κ3) is 4.64. The van der Waals surface area contributed by atoms with Gasteiger partial charge in [-0.2, -0.15) is 0 Å². The van der Waals surface area contributed by atoms with Crippen LogP contribution < -0.4 is 0 Å². The van der Waals surface area contributed by atoms with Crippen molar-refractivity contribution >= 4 is 22.4 Å². The first-order valence-corrected chi connectivity index (χ1v) is 20.8. The first-order valence-electron chi connectivity index (χ1n) is 13.9. The third-order valence-electron chi connectivity index (χ3n) is 9.92. The van der Waals surface area contributed by atoms with Crippen molar-refractivity contribution in [2.75, 3.05) is 6.61 Å². The molecule has 3 nitrogen and oxygen atoms in total. The maximum Gasteiger partial charge on any atom is 0.184 e. The zero-order valence-electron chi connectivity index (χ0n) is 23.3. The summed E-state index contributed by atoms with van der Waals surface area (Å²) in [4.78, 5) is 12.4. The molecule has 0 aromatic heterocycles. The van der Waals surface area contributed by atoms with E-state index in [1.165, 1.54) is 37.7 Å². The van der Waals surface area contributed by atoms with Gasteiger partial charge in [-0.05, 0) is 127 Å². The second-order valence-corrected chi connectivity index (χ2v) is 23.0. The summed E-state index contributed by atoms with van der Waals surface area (Å²) in [5.74, 6) is 2.44. The topological polar surface area (TPSA) is 35.5 Å². The van der Waals surface area contributed by atoms with Crippen LogP contribution in [0.1, 0.15) is 71.6 Å². The Kier molecular flexibility index (Phi) is 7.12. The molecule has 3 fully saturated rings. The lowest BCUT2D eigenvalue weighted by Gasteiger charge is -2.61. The van der Waals surface area contributed by atoms with Crippen LogP contribution in [-0.4, -0.2) is 34.6 Å². The van der Waals surface area contributed by atoms with E-state index in [0.29, 0.717) is 18.1 Å². The second kappa shape index (κ2) is 9.11. The lowest BCUT2D eigenvalue weighted by atomic mass is 9.46. The Labute approximate surface area is 211 Å². The third-order valence-corrected chi connectivity index (χ3v) is 11.9. The number of allylic oxidation sites excluding steroid dienone is 1. The van der Waals surface area contributed by atoms with Crippen LogP contribution in [0.3, 0.4) is 0 Å². The van der Waals surface area contributed by atoms with Crippen LogP contribution in [0.4, 0.5) is 0 Å². The molecule has 1 unspecified atom stereocenters. The van der Waals surface area contributed by atoms with Crippen LogP contribution in [0.2, 0.25) is 39.3 Å². The van der Waals surface area contributed by atoms with Gasteiger partial charge >= 0.3 is 0 Å². The van der Waals surface area contributed by atoms with Crippen molar-refractivity contribution in [2.24, 2.45) is 28.6 Å². The lowest BCUT2D eigenvalue weighted by molar-refractivity contribution is -0.129. The van der Waals surface area contributed by atoms with Gasteiger partial charge in [0.15, 0.2) is 22.4 Å². The minimum Gasteiger partial charge on any atom is -0.417 e. The highest BCUT2D eigenvalue weighted by Gasteiger charge is 2.65. The number of hydrogen-bond donors (Lipinski definition) is 0. The van der Waals surface area contributed by atoms with E-state index in [2.05, 4.69) is 65.3 Å². The van der Waals surface area contributed by atoms with Crippen LogP contribution in [0.5, 0.6) is 0 Å². The first-order chi connectivity index (χ1) is 15.8. The van der Waals surface area contributed by atoms with Gasteiger partial charge < -0.3 is 8.85 Å². The molecule has 192 valence electrons. The summed E-state index contributed by atoms with van der Waals surface area (Å²) in [5, 5.41) is 0. The minimum atomic E-state index is -1.69. The number of ketones is 1. The van der Waals surface area contributed by atoms with E-state index in [1.54, 1.807) is 0 Å². The quantitative estimate of drug-likeness (QED) is 0.262. The highest BCUT2D eigenvalue weighted by Crippen LogP contribution is 2.69. The Morgan fingerprint density at radius 2 is 1.68 bits per heavy atom. The fourth-order valence-electron chi connectivity index (χ4n) is 8.51. The Morgan fingerprint density at radius 3 is 2.32 bits per heavy atom. The minimum absolute atomic E-state index is 0.0136. The predicted octanol–water partition coefficient (Wildman–Crippen LogP) is 7.91. The van der Waals surface area contributed by atoms with Crippen molar-refractivity contribution < 1.29 is 13.6 Å². The molecular weight excluding hydrogens is 452 g/mol. The standard InChI is InChI=1S/C29H50O3Si2/c1-9-10-16-29(32-34(6,7)8)19-15-25-24-12-11-22-20-23(30)13-18-28(22,21-31-33(3,4)5)26(24)14-17-27(25,29)2/h9-10,20,24-26H,11-19,21H2,1-8H3/t24-,25-,26+,27-,28+,29?/m0/s1. The van der Waals surface area contributed by atoms with Crippen molar-refractivity contribution in [1.82, 2.24) is 0 Å². The van der Waals surface area contributed by atoms with Gasteiger partial charge in [0.2, 0.25) is 0 Å². The molecule has 0 spiro atoms. The van der Waals surface area contributed by atoms with Gasteiger partial charge in [-0.3, -0.25) is 4.79 Å². The molecule has 4 rings (SSSR count). The van der Waals surface area contributed by atoms with Gasteiger partial charge in [0.05, 0.1) is 5.60 Å². The normalized spacial score (nSPS) is 40.6. The Morgan fingerprint density at radius 1 is 0.971 bits per heavy atom. The molecule has 0 aromatic carbocycles. The van der Waals surface area contributed by atoms with E-state index in [4.69, 9.17) is 8.85 Å². The lowest BCUT2D eigenvalue weighted by Crippen LogP contribution is -2.59. The number of rotatable bonds is 7. The molecule has 0 heterocycles. The Bertz CT molecular complexity index is 850. The molecule has 6 atom stereocenters. The highest BCUT2D eigenvalue weighted by atomic mass is 28.4. The van der Waals surface area contributed by atoms with Crippen molar-refractivity contribution in [2.45, 2.75) is 117 Å². The average Bonchev–Trinajstić information content (AvgIpc) is 3.01. The van der Waals surface area contributed by atoms with Crippen molar-refractivity contribution in [3.8, 4) is 0 Å². The van der Waals surface area contributed by atoms with Crippen LogP contribution in [0, 0.1) is 28.6 Å². The van der Waals surface area contributed by atoms with E-state index in [0.717, 1.165) is 37.7 Å². The summed E-state index contributed by atoms with van der Waals surface area (Å²) in [5.41, 5.74) is 1.75. The van der Waals surface area contributed by atoms with Gasteiger partial charge in [0.25, 0.3) is 0 Å². The van der Waals surface area contributed by atoms with E-state index in [-0.39, 0.29) is 16.4 Å². The Balaban J connectivity index is 1.69. The average molecular weight is 503 g/mol. The molecule has 34 heavy (non-hydrogen) atoms. The smallest absolute Gasteiger partial charge is 0.184 e. The maximum atomic E-state index is 12.4. The molecule has 0 aliphatic heterocycles. The molecule has 0 amide bonds. The van der Waals surface area contributed by atoms with Crippen LogP contribution in [0.25, 0.3) is 0 Å². The number of carbonyl (C=O) groups excluding carboxylic acids is 1. The number of fused-ring (bicyclic) bond motifs is 5. The second-order valence-electron chi connectivity index (χ2n) is 14.1. The summed E-state index contributed by atoms with van der Waals surface area (Å²) < 4.78 is 13.9. The van der Waals surface area contributed by atoms with Crippen LogP contribution in [0.15, 0.2) is 23.8 Å². The molecule has 4 aliphatic rings. The summed E-state index contributed by atoms with van der Waals surface area (Å²) in [6, 6.07) is 0. The zero-order valence-corrected chi connectivity index (χ0v) is 25.3. The van der Waals surface area contributed by atoms with Gasteiger partial charge in [0, 0.05) is 18.4 Å². The van der Waals surface area contributed by atoms with E-state index >= 15 is 0 Å². The number of carbonyl (C=O) groups is 1. The summed E-state index contributed by atoms with van der Waals surface area (Å²) in [6.45, 7) is 19.6. The highest BCUT2D eigenvalue weighted by molar-refractivity contribution is 6.70. The fourth-order valence-corrected chi connectivity index (χ4v) is 10.8. The van der Waals surface area contributed by atoms with Crippen molar-refractivity contribution in [3.63, 3.8) is 0 Å². The van der Waals surface area contributed by atoms with E-state index < -0.39 is 16.6 Å². The molecule has 0 N–H and O–H groups in total. The zero-order chi connectivity index (χ0) is 25.0. The molecule has 0 radical (unpaired) electrons. The van der Waals surface area contributed by atoms with Gasteiger partial charge in [0.1, 0.15) is 0 Å². The molecular formula is C29H50O3Si2. The summed E-state index contributed by atoms with van der Waals surface area (Å²) in [6.07, 6.45) is 16.7. The van der Waals surface area contributed by atoms with E-state index in [1.807, 2.05) is 6.08 Å².